The second-order valence-corrected chi connectivity index (χ2v) is 6.93. The Labute approximate surface area is 158 Å². The van der Waals surface area contributed by atoms with Crippen molar-refractivity contribution in [2.75, 3.05) is 19.8 Å². The number of ether oxygens (including phenoxy) is 3. The van der Waals surface area contributed by atoms with Gasteiger partial charge in [-0.25, -0.2) is 0 Å². The van der Waals surface area contributed by atoms with Crippen molar-refractivity contribution in [2.24, 2.45) is 0 Å². The van der Waals surface area contributed by atoms with Crippen LogP contribution in [-0.2, 0) is 28.8 Å². The van der Waals surface area contributed by atoms with E-state index in [0.29, 0.717) is 30.3 Å². The van der Waals surface area contributed by atoms with Gasteiger partial charge in [-0.3, -0.25) is 9.59 Å². The lowest BCUT2D eigenvalue weighted by Gasteiger charge is -2.18. The summed E-state index contributed by atoms with van der Waals surface area (Å²) in [5, 5.41) is 0. The Morgan fingerprint density at radius 1 is 0.889 bits per heavy atom. The molecule has 1 aliphatic heterocycles. The van der Waals surface area contributed by atoms with Crippen LogP contribution in [0.3, 0.4) is 0 Å². The van der Waals surface area contributed by atoms with Crippen molar-refractivity contribution < 1.29 is 23.8 Å². The third-order valence-corrected chi connectivity index (χ3v) is 4.99. The standard InChI is InChI=1S/C22H22O5/c23-19(18-7-6-16-3-1-2-4-17(16)13-18)14-27-22(24)12-15-5-8-20-21(11-15)26-10-9-25-20/h5-8,11,13H,1-4,9-10,12,14H2. The van der Waals surface area contributed by atoms with Crippen molar-refractivity contribution in [1.29, 1.82) is 0 Å². The van der Waals surface area contributed by atoms with Crippen LogP contribution in [-0.4, -0.2) is 31.6 Å². The maximum Gasteiger partial charge on any atom is 0.310 e. The molecule has 0 radical (unpaired) electrons. The highest BCUT2D eigenvalue weighted by Crippen LogP contribution is 2.31. The highest BCUT2D eigenvalue weighted by molar-refractivity contribution is 5.98. The van der Waals surface area contributed by atoms with Crippen molar-refractivity contribution in [3.8, 4) is 11.5 Å². The van der Waals surface area contributed by atoms with Crippen LogP contribution in [0.2, 0.25) is 0 Å². The highest BCUT2D eigenvalue weighted by atomic mass is 16.6. The summed E-state index contributed by atoms with van der Waals surface area (Å²) in [4.78, 5) is 24.5. The van der Waals surface area contributed by atoms with Crippen molar-refractivity contribution in [1.82, 2.24) is 0 Å². The summed E-state index contributed by atoms with van der Waals surface area (Å²) < 4.78 is 16.2. The zero-order valence-corrected chi connectivity index (χ0v) is 15.2. The van der Waals surface area contributed by atoms with Crippen LogP contribution in [0.25, 0.3) is 0 Å². The predicted molar refractivity (Wildman–Crippen MR) is 99.5 cm³/mol. The first-order valence-electron chi connectivity index (χ1n) is 9.38. The monoisotopic (exact) mass is 366 g/mol. The largest absolute Gasteiger partial charge is 0.486 e. The molecule has 5 nitrogen and oxygen atoms in total. The fourth-order valence-corrected chi connectivity index (χ4v) is 3.55. The Hall–Kier alpha value is -2.82. The van der Waals surface area contributed by atoms with Gasteiger partial charge in [0.2, 0.25) is 0 Å². The lowest BCUT2D eigenvalue weighted by atomic mass is 9.90. The van der Waals surface area contributed by atoms with Crippen LogP contribution < -0.4 is 9.47 Å². The van der Waals surface area contributed by atoms with Crippen LogP contribution in [0.4, 0.5) is 0 Å². The van der Waals surface area contributed by atoms with Crippen LogP contribution in [0.15, 0.2) is 36.4 Å². The average Bonchev–Trinajstić information content (AvgIpc) is 2.71. The zero-order chi connectivity index (χ0) is 18.6. The van der Waals surface area contributed by atoms with Crippen molar-refractivity contribution in [2.45, 2.75) is 32.1 Å². The first kappa shape index (κ1) is 17.6. The zero-order valence-electron chi connectivity index (χ0n) is 15.2. The summed E-state index contributed by atoms with van der Waals surface area (Å²) in [6.45, 7) is 0.789. The lowest BCUT2D eigenvalue weighted by molar-refractivity contribution is -0.141. The quantitative estimate of drug-likeness (QED) is 0.600. The first-order chi connectivity index (χ1) is 13.2. The van der Waals surface area contributed by atoms with Crippen molar-refractivity contribution in [3.05, 3.63) is 58.7 Å². The number of hydrogen-bond donors (Lipinski definition) is 0. The molecule has 0 atom stereocenters. The molecule has 0 saturated heterocycles. The first-order valence-corrected chi connectivity index (χ1v) is 9.38. The van der Waals surface area contributed by atoms with E-state index in [0.717, 1.165) is 24.8 Å². The van der Waals surface area contributed by atoms with E-state index in [1.165, 1.54) is 17.5 Å². The van der Waals surface area contributed by atoms with Crippen LogP contribution in [0.5, 0.6) is 11.5 Å². The fraction of sp³-hybridized carbons (Fsp3) is 0.364. The third kappa shape index (κ3) is 4.13. The summed E-state index contributed by atoms with van der Waals surface area (Å²) in [5.41, 5.74) is 3.95. The van der Waals surface area contributed by atoms with Gasteiger partial charge in [-0.2, -0.15) is 0 Å². The topological polar surface area (TPSA) is 61.8 Å². The molecule has 0 N–H and O–H groups in total. The molecular formula is C22H22O5. The van der Waals surface area contributed by atoms with E-state index < -0.39 is 5.97 Å². The number of Topliss-reactive ketones (excluding diaryl/α,β-unsaturated/α-hetero) is 1. The van der Waals surface area contributed by atoms with Gasteiger partial charge >= 0.3 is 5.97 Å². The summed E-state index contributed by atoms with van der Waals surface area (Å²) >= 11 is 0. The van der Waals surface area contributed by atoms with Gasteiger partial charge in [0.25, 0.3) is 0 Å². The minimum absolute atomic E-state index is 0.0914. The van der Waals surface area contributed by atoms with Crippen LogP contribution in [0, 0.1) is 0 Å². The van der Waals surface area contributed by atoms with Gasteiger partial charge in [0.05, 0.1) is 6.42 Å². The number of carbonyl (C=O) groups excluding carboxylic acids is 2. The van der Waals surface area contributed by atoms with Gasteiger partial charge in [0.1, 0.15) is 13.2 Å². The molecule has 0 spiro atoms. The number of benzene rings is 2. The van der Waals surface area contributed by atoms with Gasteiger partial charge in [-0.05, 0) is 60.6 Å². The molecule has 5 heteroatoms. The smallest absolute Gasteiger partial charge is 0.310 e. The summed E-state index contributed by atoms with van der Waals surface area (Å²) in [7, 11) is 0. The second kappa shape index (κ2) is 7.82. The van der Waals surface area contributed by atoms with Crippen LogP contribution in [0.1, 0.15) is 39.9 Å². The third-order valence-electron chi connectivity index (χ3n) is 4.99. The molecule has 0 fully saturated rings. The molecule has 4 rings (SSSR count). The van der Waals surface area contributed by atoms with E-state index in [-0.39, 0.29) is 18.8 Å². The Bertz CT molecular complexity index is 871. The maximum atomic E-state index is 12.4. The number of rotatable bonds is 5. The normalized spacial score (nSPS) is 15.0. The molecule has 140 valence electrons. The maximum absolute atomic E-state index is 12.4. The number of carbonyl (C=O) groups is 2. The molecule has 2 aliphatic rings. The van der Waals surface area contributed by atoms with Gasteiger partial charge < -0.3 is 14.2 Å². The van der Waals surface area contributed by atoms with Gasteiger partial charge in [0.15, 0.2) is 23.9 Å². The minimum atomic E-state index is -0.432. The molecular weight excluding hydrogens is 344 g/mol. The van der Waals surface area contributed by atoms with E-state index in [9.17, 15) is 9.59 Å². The predicted octanol–water partition coefficient (Wildman–Crippen LogP) is 3.31. The van der Waals surface area contributed by atoms with Gasteiger partial charge in [-0.1, -0.05) is 18.2 Å². The molecule has 0 unspecified atom stereocenters. The van der Waals surface area contributed by atoms with Gasteiger partial charge in [-0.15, -0.1) is 0 Å². The van der Waals surface area contributed by atoms with E-state index in [2.05, 4.69) is 0 Å². The molecule has 2 aromatic rings. The number of aryl methyl sites for hydroxylation is 2. The molecule has 1 heterocycles. The summed E-state index contributed by atoms with van der Waals surface area (Å²) in [6, 6.07) is 11.2. The Morgan fingerprint density at radius 2 is 1.67 bits per heavy atom. The average molecular weight is 366 g/mol. The fourth-order valence-electron chi connectivity index (χ4n) is 3.55. The number of hydrogen-bond acceptors (Lipinski definition) is 5. The minimum Gasteiger partial charge on any atom is -0.486 e. The molecule has 1 aliphatic carbocycles. The van der Waals surface area contributed by atoms with E-state index in [4.69, 9.17) is 14.2 Å². The highest BCUT2D eigenvalue weighted by Gasteiger charge is 2.16. The number of ketones is 1. The number of esters is 1. The number of fused-ring (bicyclic) bond motifs is 2. The van der Waals surface area contributed by atoms with E-state index in [1.807, 2.05) is 18.2 Å². The van der Waals surface area contributed by atoms with Gasteiger partial charge in [0, 0.05) is 5.56 Å². The molecule has 0 saturated carbocycles. The van der Waals surface area contributed by atoms with Crippen molar-refractivity contribution in [3.63, 3.8) is 0 Å². The van der Waals surface area contributed by atoms with E-state index in [1.54, 1.807) is 18.2 Å². The molecule has 0 aromatic heterocycles. The van der Waals surface area contributed by atoms with E-state index >= 15 is 0 Å². The summed E-state index contributed by atoms with van der Waals surface area (Å²) in [5.74, 6) is 0.717. The Morgan fingerprint density at radius 3 is 2.52 bits per heavy atom. The van der Waals surface area contributed by atoms with Crippen LogP contribution >= 0.6 is 0 Å². The Balaban J connectivity index is 1.33. The molecule has 0 amide bonds. The lowest BCUT2D eigenvalue weighted by Crippen LogP contribution is -2.17. The van der Waals surface area contributed by atoms with Crippen molar-refractivity contribution >= 4 is 11.8 Å². The molecule has 0 bridgehead atoms. The summed E-state index contributed by atoms with van der Waals surface area (Å²) in [6.07, 6.45) is 4.55. The Kier molecular flexibility index (Phi) is 5.10. The molecule has 2 aromatic carbocycles. The second-order valence-electron chi connectivity index (χ2n) is 6.93. The SMILES string of the molecule is O=C(Cc1ccc2c(c1)OCCO2)OCC(=O)c1ccc2c(c1)CCCC2. The molecule has 27 heavy (non-hydrogen) atoms.